The zero-order valence-corrected chi connectivity index (χ0v) is 9.65. The summed E-state index contributed by atoms with van der Waals surface area (Å²) >= 11 is 5.92. The molecule has 0 bridgehead atoms. The van der Waals surface area contributed by atoms with E-state index >= 15 is 0 Å². The average molecular weight is 239 g/mol. The van der Waals surface area contributed by atoms with Crippen LogP contribution in [0.2, 0.25) is 0 Å². The van der Waals surface area contributed by atoms with Crippen molar-refractivity contribution in [3.05, 3.63) is 53.6 Å². The van der Waals surface area contributed by atoms with Crippen LogP contribution < -0.4 is 0 Å². The molecule has 2 aromatic rings. The van der Waals surface area contributed by atoms with Crippen molar-refractivity contribution in [1.29, 1.82) is 0 Å². The van der Waals surface area contributed by atoms with Crippen LogP contribution >= 0.6 is 11.6 Å². The molecule has 1 aromatic carbocycles. The normalized spacial score (nSPS) is 12.7. The van der Waals surface area contributed by atoms with E-state index in [0.717, 1.165) is 5.56 Å². The molecule has 1 aromatic heterocycles. The number of nitrogens with zero attached hydrogens (tertiary/aromatic N) is 2. The summed E-state index contributed by atoms with van der Waals surface area (Å²) in [7, 11) is 0. The van der Waals surface area contributed by atoms with E-state index in [0.29, 0.717) is 12.1 Å². The molecule has 1 heterocycles. The first-order chi connectivity index (χ1) is 7.66. The molecule has 0 aliphatic rings. The van der Waals surface area contributed by atoms with Gasteiger partial charge in [0.25, 0.3) is 0 Å². The van der Waals surface area contributed by atoms with Crippen molar-refractivity contribution in [2.75, 3.05) is 0 Å². The Balaban J connectivity index is 2.18. The fourth-order valence-corrected chi connectivity index (χ4v) is 1.59. The van der Waals surface area contributed by atoms with E-state index in [1.54, 1.807) is 23.0 Å². The second kappa shape index (κ2) is 4.66. The Hall–Kier alpha value is -1.35. The molecule has 1 atom stereocenters. The smallest absolute Gasteiger partial charge is 0.128 e. The van der Waals surface area contributed by atoms with Crippen LogP contribution in [0.5, 0.6) is 0 Å². The molecule has 0 spiro atoms. The fraction of sp³-hybridized carbons (Fsp3) is 0.250. The van der Waals surface area contributed by atoms with Gasteiger partial charge in [-0.15, -0.1) is 11.6 Å². The van der Waals surface area contributed by atoms with Gasteiger partial charge in [-0.2, -0.15) is 5.10 Å². The minimum Gasteiger partial charge on any atom is -0.268 e. The van der Waals surface area contributed by atoms with Gasteiger partial charge in [0, 0.05) is 17.3 Å². The number of alkyl halides is 1. The summed E-state index contributed by atoms with van der Waals surface area (Å²) in [4.78, 5) is 0. The molecule has 0 aliphatic carbocycles. The lowest BCUT2D eigenvalue weighted by molar-refractivity contribution is 0.585. The van der Waals surface area contributed by atoms with Crippen LogP contribution in [0.3, 0.4) is 0 Å². The molecular formula is C12H12ClFN2. The fourth-order valence-electron chi connectivity index (χ4n) is 1.47. The van der Waals surface area contributed by atoms with Crippen LogP contribution in [0.15, 0.2) is 36.7 Å². The number of hydrogen-bond donors (Lipinski definition) is 0. The van der Waals surface area contributed by atoms with Gasteiger partial charge in [-0.05, 0) is 13.0 Å². The van der Waals surface area contributed by atoms with Crippen LogP contribution in [-0.2, 0) is 6.54 Å². The highest BCUT2D eigenvalue weighted by Crippen LogP contribution is 2.18. The van der Waals surface area contributed by atoms with Gasteiger partial charge in [0.15, 0.2) is 0 Å². The number of benzene rings is 1. The van der Waals surface area contributed by atoms with E-state index in [1.165, 1.54) is 6.07 Å². The highest BCUT2D eigenvalue weighted by atomic mass is 35.5. The molecule has 0 amide bonds. The van der Waals surface area contributed by atoms with Crippen LogP contribution in [0.25, 0.3) is 0 Å². The quantitative estimate of drug-likeness (QED) is 0.750. The minimum atomic E-state index is -0.210. The summed E-state index contributed by atoms with van der Waals surface area (Å²) in [5, 5.41) is 4.06. The Bertz CT molecular complexity index is 479. The summed E-state index contributed by atoms with van der Waals surface area (Å²) in [5.74, 6) is -0.210. The van der Waals surface area contributed by atoms with Gasteiger partial charge in [-0.25, -0.2) is 4.39 Å². The van der Waals surface area contributed by atoms with E-state index in [9.17, 15) is 4.39 Å². The summed E-state index contributed by atoms with van der Waals surface area (Å²) in [6.07, 6.45) is 3.54. The van der Waals surface area contributed by atoms with Crippen LogP contribution in [-0.4, -0.2) is 9.78 Å². The van der Waals surface area contributed by atoms with Crippen LogP contribution in [0.1, 0.15) is 23.4 Å². The molecule has 0 saturated heterocycles. The Labute approximate surface area is 98.7 Å². The summed E-state index contributed by atoms with van der Waals surface area (Å²) < 4.78 is 15.1. The molecule has 0 saturated carbocycles. The minimum absolute atomic E-state index is 0.0747. The van der Waals surface area contributed by atoms with Crippen molar-refractivity contribution in [2.24, 2.45) is 0 Å². The van der Waals surface area contributed by atoms with Crippen molar-refractivity contribution in [2.45, 2.75) is 18.8 Å². The topological polar surface area (TPSA) is 17.8 Å². The second-order valence-corrected chi connectivity index (χ2v) is 4.33. The van der Waals surface area contributed by atoms with Crippen molar-refractivity contribution < 1.29 is 4.39 Å². The Morgan fingerprint density at radius 3 is 2.81 bits per heavy atom. The lowest BCUT2D eigenvalue weighted by Crippen LogP contribution is -2.01. The third-order valence-corrected chi connectivity index (χ3v) is 2.65. The van der Waals surface area contributed by atoms with E-state index < -0.39 is 0 Å². The maximum Gasteiger partial charge on any atom is 0.128 e. The maximum atomic E-state index is 13.4. The summed E-state index contributed by atoms with van der Waals surface area (Å²) in [6.45, 7) is 2.31. The highest BCUT2D eigenvalue weighted by Gasteiger charge is 2.06. The number of halogens is 2. The van der Waals surface area contributed by atoms with Gasteiger partial charge >= 0.3 is 0 Å². The molecule has 2 rings (SSSR count). The van der Waals surface area contributed by atoms with Gasteiger partial charge in [-0.1, -0.05) is 18.2 Å². The van der Waals surface area contributed by atoms with Crippen LogP contribution in [0.4, 0.5) is 4.39 Å². The molecule has 84 valence electrons. The summed E-state index contributed by atoms with van der Waals surface area (Å²) in [5.41, 5.74) is 1.57. The van der Waals surface area contributed by atoms with Gasteiger partial charge in [0.1, 0.15) is 5.82 Å². The van der Waals surface area contributed by atoms with Gasteiger partial charge in [0.05, 0.1) is 18.1 Å². The lowest BCUT2D eigenvalue weighted by atomic mass is 10.2. The maximum absolute atomic E-state index is 13.4. The van der Waals surface area contributed by atoms with E-state index in [2.05, 4.69) is 5.10 Å². The number of hydrogen-bond acceptors (Lipinski definition) is 1. The van der Waals surface area contributed by atoms with Crippen molar-refractivity contribution >= 4 is 11.6 Å². The van der Waals surface area contributed by atoms with Gasteiger partial charge in [-0.3, -0.25) is 4.68 Å². The van der Waals surface area contributed by atoms with Crippen LogP contribution in [0, 0.1) is 5.82 Å². The molecule has 2 nitrogen and oxygen atoms in total. The zero-order valence-electron chi connectivity index (χ0n) is 8.90. The van der Waals surface area contributed by atoms with Gasteiger partial charge < -0.3 is 0 Å². The zero-order chi connectivity index (χ0) is 11.5. The molecular weight excluding hydrogens is 227 g/mol. The van der Waals surface area contributed by atoms with E-state index in [4.69, 9.17) is 11.6 Å². The lowest BCUT2D eigenvalue weighted by Gasteiger charge is -2.03. The standard InChI is InChI=1S/C12H12ClFN2/c1-9(13)11-6-15-16(8-11)7-10-4-2-3-5-12(10)14/h2-6,8-9H,7H2,1H3. The molecule has 0 fully saturated rings. The summed E-state index contributed by atoms with van der Waals surface area (Å²) in [6, 6.07) is 6.69. The highest BCUT2D eigenvalue weighted by molar-refractivity contribution is 6.20. The Morgan fingerprint density at radius 1 is 1.44 bits per heavy atom. The molecule has 16 heavy (non-hydrogen) atoms. The first-order valence-corrected chi connectivity index (χ1v) is 5.50. The second-order valence-electron chi connectivity index (χ2n) is 3.68. The van der Waals surface area contributed by atoms with Crippen molar-refractivity contribution in [3.63, 3.8) is 0 Å². The molecule has 4 heteroatoms. The first-order valence-electron chi connectivity index (χ1n) is 5.06. The predicted octanol–water partition coefficient (Wildman–Crippen LogP) is 3.37. The third-order valence-electron chi connectivity index (χ3n) is 2.40. The number of aromatic nitrogens is 2. The SMILES string of the molecule is CC(Cl)c1cnn(Cc2ccccc2F)c1. The largest absolute Gasteiger partial charge is 0.268 e. The van der Waals surface area contributed by atoms with Crippen molar-refractivity contribution in [1.82, 2.24) is 9.78 Å². The van der Waals surface area contributed by atoms with Gasteiger partial charge in [0.2, 0.25) is 0 Å². The Kier molecular flexibility index (Phi) is 3.25. The Morgan fingerprint density at radius 2 is 2.19 bits per heavy atom. The van der Waals surface area contributed by atoms with Crippen molar-refractivity contribution in [3.8, 4) is 0 Å². The average Bonchev–Trinajstić information content (AvgIpc) is 2.70. The number of rotatable bonds is 3. The third kappa shape index (κ3) is 2.42. The molecule has 1 unspecified atom stereocenters. The van der Waals surface area contributed by atoms with E-state index in [-0.39, 0.29) is 11.2 Å². The molecule has 0 aliphatic heterocycles. The monoisotopic (exact) mass is 238 g/mol. The molecule has 0 N–H and O–H groups in total. The first kappa shape index (κ1) is 11.1. The van der Waals surface area contributed by atoms with E-state index in [1.807, 2.05) is 19.2 Å². The predicted molar refractivity (Wildman–Crippen MR) is 62.0 cm³/mol. The molecule has 0 radical (unpaired) electrons.